The Labute approximate surface area is 116 Å². The second-order valence-corrected chi connectivity index (χ2v) is 4.98. The highest BCUT2D eigenvalue weighted by Crippen LogP contribution is 2.34. The number of benzene rings is 1. The molecule has 19 heavy (non-hydrogen) atoms. The molecular formula is C13H17N3O2S. The van der Waals surface area contributed by atoms with Crippen molar-refractivity contribution >= 4 is 11.3 Å². The SMILES string of the molecule is CNCCc1nnc(-c2ccc(OC)cc2OC)s1. The lowest BCUT2D eigenvalue weighted by molar-refractivity contribution is 0.395. The van der Waals surface area contributed by atoms with E-state index in [1.807, 2.05) is 25.2 Å². The van der Waals surface area contributed by atoms with Crippen LogP contribution in [0.15, 0.2) is 18.2 Å². The van der Waals surface area contributed by atoms with E-state index in [0.717, 1.165) is 40.0 Å². The number of hydrogen-bond donors (Lipinski definition) is 1. The van der Waals surface area contributed by atoms with Gasteiger partial charge in [0.05, 0.1) is 19.8 Å². The van der Waals surface area contributed by atoms with Crippen molar-refractivity contribution in [2.75, 3.05) is 27.8 Å². The van der Waals surface area contributed by atoms with E-state index >= 15 is 0 Å². The minimum Gasteiger partial charge on any atom is -0.497 e. The summed E-state index contributed by atoms with van der Waals surface area (Å²) in [4.78, 5) is 0. The zero-order valence-electron chi connectivity index (χ0n) is 11.3. The second kappa shape index (κ2) is 6.49. The lowest BCUT2D eigenvalue weighted by Gasteiger charge is -2.07. The number of likely N-dealkylation sites (N-methyl/N-ethyl adjacent to an activating group) is 1. The fourth-order valence-corrected chi connectivity index (χ4v) is 2.54. The fraction of sp³-hybridized carbons (Fsp3) is 0.385. The molecule has 0 radical (unpaired) electrons. The van der Waals surface area contributed by atoms with Crippen LogP contribution >= 0.6 is 11.3 Å². The zero-order chi connectivity index (χ0) is 13.7. The predicted molar refractivity (Wildman–Crippen MR) is 76.1 cm³/mol. The number of methoxy groups -OCH3 is 2. The van der Waals surface area contributed by atoms with Gasteiger partial charge < -0.3 is 14.8 Å². The van der Waals surface area contributed by atoms with Crippen LogP contribution in [0.3, 0.4) is 0 Å². The summed E-state index contributed by atoms with van der Waals surface area (Å²) in [5, 5.41) is 13.4. The molecule has 0 saturated carbocycles. The van der Waals surface area contributed by atoms with Gasteiger partial charge in [0.2, 0.25) is 0 Å². The van der Waals surface area contributed by atoms with Crippen LogP contribution in [0.2, 0.25) is 0 Å². The van der Waals surface area contributed by atoms with Crippen molar-refractivity contribution in [2.45, 2.75) is 6.42 Å². The fourth-order valence-electron chi connectivity index (χ4n) is 1.67. The molecule has 0 unspecified atom stereocenters. The Hall–Kier alpha value is -1.66. The summed E-state index contributed by atoms with van der Waals surface area (Å²) in [5.74, 6) is 1.51. The van der Waals surface area contributed by atoms with E-state index in [2.05, 4.69) is 15.5 Å². The molecule has 1 aromatic carbocycles. The summed E-state index contributed by atoms with van der Waals surface area (Å²) in [6.07, 6.45) is 0.882. The lowest BCUT2D eigenvalue weighted by atomic mass is 10.2. The molecule has 1 aromatic heterocycles. The molecule has 102 valence electrons. The predicted octanol–water partition coefficient (Wildman–Crippen LogP) is 1.98. The molecule has 0 fully saturated rings. The Bertz CT molecular complexity index is 542. The average Bonchev–Trinajstić information content (AvgIpc) is 2.92. The van der Waals surface area contributed by atoms with Crippen molar-refractivity contribution in [3.8, 4) is 22.1 Å². The average molecular weight is 279 g/mol. The third kappa shape index (κ3) is 3.21. The molecule has 0 saturated heterocycles. The molecule has 2 rings (SSSR count). The number of rotatable bonds is 6. The van der Waals surface area contributed by atoms with Crippen LogP contribution in [0.1, 0.15) is 5.01 Å². The summed E-state index contributed by atoms with van der Waals surface area (Å²) in [7, 11) is 5.20. The molecule has 0 atom stereocenters. The van der Waals surface area contributed by atoms with E-state index < -0.39 is 0 Å². The molecule has 6 heteroatoms. The highest BCUT2D eigenvalue weighted by atomic mass is 32.1. The molecule has 0 aliphatic heterocycles. The molecular weight excluding hydrogens is 262 g/mol. The topological polar surface area (TPSA) is 56.3 Å². The van der Waals surface area contributed by atoms with Crippen LogP contribution < -0.4 is 14.8 Å². The van der Waals surface area contributed by atoms with E-state index in [4.69, 9.17) is 9.47 Å². The van der Waals surface area contributed by atoms with E-state index in [-0.39, 0.29) is 0 Å². The van der Waals surface area contributed by atoms with Gasteiger partial charge in [-0.15, -0.1) is 10.2 Å². The standard InChI is InChI=1S/C13H17N3O2S/c1-14-7-6-12-15-16-13(19-12)10-5-4-9(17-2)8-11(10)18-3/h4-5,8,14H,6-7H2,1-3H3. The molecule has 0 aliphatic rings. The first-order valence-electron chi connectivity index (χ1n) is 5.98. The van der Waals surface area contributed by atoms with Gasteiger partial charge in [0.25, 0.3) is 0 Å². The van der Waals surface area contributed by atoms with Crippen molar-refractivity contribution in [1.29, 1.82) is 0 Å². The third-order valence-corrected chi connectivity index (χ3v) is 3.71. The number of ether oxygens (including phenoxy) is 2. The quantitative estimate of drug-likeness (QED) is 0.876. The van der Waals surface area contributed by atoms with Crippen molar-refractivity contribution in [3.63, 3.8) is 0 Å². The minimum absolute atomic E-state index is 0.746. The maximum atomic E-state index is 5.38. The first kappa shape index (κ1) is 13.8. The Kier molecular flexibility index (Phi) is 4.70. The largest absolute Gasteiger partial charge is 0.497 e. The summed E-state index contributed by atoms with van der Waals surface area (Å²) >= 11 is 1.59. The summed E-state index contributed by atoms with van der Waals surface area (Å²) in [5.41, 5.74) is 0.941. The molecule has 0 amide bonds. The van der Waals surface area contributed by atoms with Crippen LogP contribution in [-0.4, -0.2) is 38.0 Å². The van der Waals surface area contributed by atoms with E-state index in [0.29, 0.717) is 0 Å². The van der Waals surface area contributed by atoms with Crippen molar-refractivity contribution < 1.29 is 9.47 Å². The van der Waals surface area contributed by atoms with Gasteiger partial charge >= 0.3 is 0 Å². The van der Waals surface area contributed by atoms with Gasteiger partial charge in [-0.25, -0.2) is 0 Å². The van der Waals surface area contributed by atoms with Crippen molar-refractivity contribution in [2.24, 2.45) is 0 Å². The van der Waals surface area contributed by atoms with Gasteiger partial charge in [-0.2, -0.15) is 0 Å². The molecule has 1 heterocycles. The van der Waals surface area contributed by atoms with Gasteiger partial charge in [-0.3, -0.25) is 0 Å². The lowest BCUT2D eigenvalue weighted by Crippen LogP contribution is -2.09. The van der Waals surface area contributed by atoms with Crippen LogP contribution in [0.4, 0.5) is 0 Å². The van der Waals surface area contributed by atoms with Crippen LogP contribution in [0, 0.1) is 0 Å². The Morgan fingerprint density at radius 3 is 2.74 bits per heavy atom. The number of nitrogens with zero attached hydrogens (tertiary/aromatic N) is 2. The molecule has 2 aromatic rings. The smallest absolute Gasteiger partial charge is 0.151 e. The van der Waals surface area contributed by atoms with Crippen molar-refractivity contribution in [1.82, 2.24) is 15.5 Å². The Morgan fingerprint density at radius 1 is 1.21 bits per heavy atom. The third-order valence-electron chi connectivity index (χ3n) is 2.69. The molecule has 0 bridgehead atoms. The maximum Gasteiger partial charge on any atom is 0.151 e. The van der Waals surface area contributed by atoms with E-state index in [1.54, 1.807) is 25.6 Å². The van der Waals surface area contributed by atoms with E-state index in [9.17, 15) is 0 Å². The molecule has 0 spiro atoms. The summed E-state index contributed by atoms with van der Waals surface area (Å²) in [6.45, 7) is 0.897. The van der Waals surface area contributed by atoms with Gasteiger partial charge in [0.1, 0.15) is 16.5 Å². The minimum atomic E-state index is 0.746. The number of hydrogen-bond acceptors (Lipinski definition) is 6. The van der Waals surface area contributed by atoms with Crippen molar-refractivity contribution in [3.05, 3.63) is 23.2 Å². The monoisotopic (exact) mass is 279 g/mol. The van der Waals surface area contributed by atoms with Gasteiger partial charge in [-0.05, 0) is 19.2 Å². The molecule has 1 N–H and O–H groups in total. The Balaban J connectivity index is 2.27. The van der Waals surface area contributed by atoms with Gasteiger partial charge in [0, 0.05) is 19.0 Å². The molecule has 0 aliphatic carbocycles. The van der Waals surface area contributed by atoms with Gasteiger partial charge in [0.15, 0.2) is 5.01 Å². The molecule has 5 nitrogen and oxygen atoms in total. The first-order valence-corrected chi connectivity index (χ1v) is 6.79. The van der Waals surface area contributed by atoms with Crippen LogP contribution in [0.25, 0.3) is 10.6 Å². The normalized spacial score (nSPS) is 10.5. The van der Waals surface area contributed by atoms with E-state index in [1.165, 1.54) is 0 Å². The summed E-state index contributed by atoms with van der Waals surface area (Å²) < 4.78 is 10.6. The first-order chi connectivity index (χ1) is 9.28. The maximum absolute atomic E-state index is 5.38. The number of nitrogens with one attached hydrogen (secondary N) is 1. The summed E-state index contributed by atoms with van der Waals surface area (Å²) in [6, 6.07) is 5.69. The second-order valence-electron chi connectivity index (χ2n) is 3.92. The number of aromatic nitrogens is 2. The highest BCUT2D eigenvalue weighted by Gasteiger charge is 2.12. The Morgan fingerprint density at radius 2 is 2.05 bits per heavy atom. The highest BCUT2D eigenvalue weighted by molar-refractivity contribution is 7.14. The van der Waals surface area contributed by atoms with Crippen LogP contribution in [0.5, 0.6) is 11.5 Å². The van der Waals surface area contributed by atoms with Crippen LogP contribution in [-0.2, 0) is 6.42 Å². The van der Waals surface area contributed by atoms with Gasteiger partial charge in [-0.1, -0.05) is 11.3 Å². The zero-order valence-corrected chi connectivity index (χ0v) is 12.1.